The number of aryl methyl sites for hydroxylation is 1. The maximum atomic E-state index is 11.8. The van der Waals surface area contributed by atoms with Crippen LogP contribution in [0.4, 0.5) is 5.82 Å². The Kier molecular flexibility index (Phi) is 6.89. The molecule has 2 heterocycles. The van der Waals surface area contributed by atoms with Crippen LogP contribution in [0.1, 0.15) is 49.6 Å². The van der Waals surface area contributed by atoms with Gasteiger partial charge in [0, 0.05) is 37.7 Å². The number of hydrogen-bond donors (Lipinski definition) is 2. The summed E-state index contributed by atoms with van der Waals surface area (Å²) in [7, 11) is 0. The number of pyridine rings is 1. The first kappa shape index (κ1) is 22.3. The van der Waals surface area contributed by atoms with Gasteiger partial charge in [0.05, 0.1) is 11.0 Å². The molecule has 0 saturated carbocycles. The molecule has 2 aromatic carbocycles. The number of nitrogen functional groups attached to an aromatic ring is 1. The number of carbonyl (C=O) groups is 1. The average Bonchev–Trinajstić information content (AvgIpc) is 3.20. The van der Waals surface area contributed by atoms with E-state index in [0.29, 0.717) is 31.7 Å². The van der Waals surface area contributed by atoms with E-state index in [9.17, 15) is 4.79 Å². The fourth-order valence-electron chi connectivity index (χ4n) is 4.02. The molecule has 3 N–H and O–H groups in total. The van der Waals surface area contributed by atoms with Crippen molar-refractivity contribution in [2.24, 2.45) is 0 Å². The molecule has 0 aliphatic heterocycles. The molecule has 168 valence electrons. The van der Waals surface area contributed by atoms with E-state index in [1.165, 1.54) is 0 Å². The monoisotopic (exact) mass is 439 g/mol. The van der Waals surface area contributed by atoms with E-state index in [2.05, 4.69) is 58.0 Å². The number of terminal acetylenes is 1. The van der Waals surface area contributed by atoms with Crippen LogP contribution in [0.5, 0.6) is 0 Å². The second kappa shape index (κ2) is 10.2. The number of nitrogens with one attached hydrogen (secondary N) is 1. The molecule has 0 saturated heterocycles. The largest absolute Gasteiger partial charge is 0.382 e. The lowest BCUT2D eigenvalue weighted by atomic mass is 10.1. The number of para-hydroxylation sites is 1. The predicted molar refractivity (Wildman–Crippen MR) is 134 cm³/mol. The first-order valence-corrected chi connectivity index (χ1v) is 11.4. The minimum Gasteiger partial charge on any atom is -0.382 e. The van der Waals surface area contributed by atoms with E-state index in [1.807, 2.05) is 18.2 Å². The summed E-state index contributed by atoms with van der Waals surface area (Å²) in [6.07, 6.45) is 9.08. The van der Waals surface area contributed by atoms with Gasteiger partial charge >= 0.3 is 0 Å². The van der Waals surface area contributed by atoms with E-state index in [1.54, 1.807) is 0 Å². The number of amides is 1. The number of imidazole rings is 1. The van der Waals surface area contributed by atoms with Gasteiger partial charge in [0.15, 0.2) is 5.82 Å². The molecule has 2 aromatic heterocycles. The Balaban J connectivity index is 1.63. The molecule has 0 fully saturated rings. The predicted octanol–water partition coefficient (Wildman–Crippen LogP) is 4.59. The number of unbranched alkanes of at least 4 members (excludes halogenated alkanes) is 1. The van der Waals surface area contributed by atoms with Crippen molar-refractivity contribution >= 4 is 33.7 Å². The number of rotatable bonds is 9. The summed E-state index contributed by atoms with van der Waals surface area (Å²) in [6.45, 7) is 3.37. The third-order valence-corrected chi connectivity index (χ3v) is 5.79. The summed E-state index contributed by atoms with van der Waals surface area (Å²) in [5.41, 5.74) is 11.2. The van der Waals surface area contributed by atoms with Crippen LogP contribution < -0.4 is 11.1 Å². The quantitative estimate of drug-likeness (QED) is 0.374. The summed E-state index contributed by atoms with van der Waals surface area (Å²) in [5, 5.41) is 3.97. The summed E-state index contributed by atoms with van der Waals surface area (Å²) >= 11 is 0. The Hall–Kier alpha value is -3.85. The lowest BCUT2D eigenvalue weighted by Crippen LogP contribution is -2.22. The number of benzene rings is 2. The zero-order chi connectivity index (χ0) is 23.2. The third-order valence-electron chi connectivity index (χ3n) is 5.79. The number of aromatic nitrogens is 3. The number of carbonyl (C=O) groups excluding carboxylic acids is 1. The molecule has 6 heteroatoms. The van der Waals surface area contributed by atoms with Crippen LogP contribution >= 0.6 is 0 Å². The van der Waals surface area contributed by atoms with Gasteiger partial charge in [-0.05, 0) is 23.6 Å². The molecule has 6 nitrogen and oxygen atoms in total. The molecule has 0 radical (unpaired) electrons. The van der Waals surface area contributed by atoms with Crippen molar-refractivity contribution in [2.45, 2.75) is 52.1 Å². The zero-order valence-corrected chi connectivity index (χ0v) is 19.0. The van der Waals surface area contributed by atoms with E-state index < -0.39 is 0 Å². The number of anilines is 1. The van der Waals surface area contributed by atoms with E-state index >= 15 is 0 Å². The summed E-state index contributed by atoms with van der Waals surface area (Å²) in [6, 6.07) is 16.4. The van der Waals surface area contributed by atoms with Crippen molar-refractivity contribution in [2.75, 3.05) is 5.73 Å². The van der Waals surface area contributed by atoms with Crippen LogP contribution in [-0.2, 0) is 24.3 Å². The number of nitrogens with two attached hydrogens (primary N) is 1. The lowest BCUT2D eigenvalue weighted by Gasteiger charge is -2.12. The molecule has 0 spiro atoms. The number of fused-ring (bicyclic) bond motifs is 3. The van der Waals surface area contributed by atoms with Crippen LogP contribution in [-0.4, -0.2) is 20.4 Å². The Labute approximate surface area is 194 Å². The molecule has 0 unspecified atom stereocenters. The molecule has 4 rings (SSSR count). The van der Waals surface area contributed by atoms with Gasteiger partial charge in [-0.25, -0.2) is 9.97 Å². The highest BCUT2D eigenvalue weighted by atomic mass is 16.1. The van der Waals surface area contributed by atoms with Crippen molar-refractivity contribution < 1.29 is 4.79 Å². The van der Waals surface area contributed by atoms with Crippen molar-refractivity contribution in [1.29, 1.82) is 0 Å². The van der Waals surface area contributed by atoms with Crippen LogP contribution in [0.25, 0.3) is 21.9 Å². The summed E-state index contributed by atoms with van der Waals surface area (Å²) < 4.78 is 2.28. The van der Waals surface area contributed by atoms with Crippen LogP contribution in [0, 0.1) is 12.3 Å². The maximum Gasteiger partial charge on any atom is 0.221 e. The number of hydrogen-bond acceptors (Lipinski definition) is 4. The Morgan fingerprint density at radius 1 is 1.12 bits per heavy atom. The number of nitrogens with zero attached hydrogens (tertiary/aromatic N) is 3. The standard InChI is InChI=1S/C27H29N5O/c1-3-5-11-23-31-25-26(21-9-7-8-10-22(21)30-27(25)28)32(23)18-20-15-13-19(14-16-20)17-29-24(33)12-6-4-2/h2,7-10,13-16H,3,5-6,11-12,17-18H2,1H3,(H2,28,30)(H,29,33). The minimum atomic E-state index is -0.0273. The first-order chi connectivity index (χ1) is 16.1. The SMILES string of the molecule is C#CCCC(=O)NCc1ccc(Cn2c(CCCC)nc3c(N)nc4ccccc4c32)cc1. The smallest absolute Gasteiger partial charge is 0.221 e. The van der Waals surface area contributed by atoms with Crippen molar-refractivity contribution in [3.05, 3.63) is 65.5 Å². The van der Waals surface area contributed by atoms with E-state index in [0.717, 1.165) is 58.2 Å². The molecule has 0 aliphatic carbocycles. The fourth-order valence-corrected chi connectivity index (χ4v) is 4.02. The van der Waals surface area contributed by atoms with Crippen LogP contribution in [0.3, 0.4) is 0 Å². The second-order valence-corrected chi connectivity index (χ2v) is 8.23. The van der Waals surface area contributed by atoms with Crippen LogP contribution in [0.15, 0.2) is 48.5 Å². The fraction of sp³-hybridized carbons (Fsp3) is 0.296. The van der Waals surface area contributed by atoms with Gasteiger partial charge in [0.25, 0.3) is 0 Å². The highest BCUT2D eigenvalue weighted by molar-refractivity contribution is 6.06. The van der Waals surface area contributed by atoms with Gasteiger partial charge < -0.3 is 15.6 Å². The molecular weight excluding hydrogens is 410 g/mol. The van der Waals surface area contributed by atoms with Gasteiger partial charge in [-0.3, -0.25) is 4.79 Å². The molecule has 0 aliphatic rings. The van der Waals surface area contributed by atoms with Gasteiger partial charge in [0.2, 0.25) is 5.91 Å². The summed E-state index contributed by atoms with van der Waals surface area (Å²) in [4.78, 5) is 21.3. The molecule has 0 bridgehead atoms. The molecular formula is C27H29N5O. The molecule has 4 aromatic rings. The highest BCUT2D eigenvalue weighted by Gasteiger charge is 2.17. The van der Waals surface area contributed by atoms with Gasteiger partial charge in [-0.2, -0.15) is 0 Å². The molecule has 1 amide bonds. The second-order valence-electron chi connectivity index (χ2n) is 8.23. The lowest BCUT2D eigenvalue weighted by molar-refractivity contribution is -0.121. The topological polar surface area (TPSA) is 85.8 Å². The third kappa shape index (κ3) is 4.98. The Morgan fingerprint density at radius 2 is 1.88 bits per heavy atom. The van der Waals surface area contributed by atoms with Gasteiger partial charge in [-0.15, -0.1) is 12.3 Å². The minimum absolute atomic E-state index is 0.0273. The summed E-state index contributed by atoms with van der Waals surface area (Å²) in [5.74, 6) is 3.96. The van der Waals surface area contributed by atoms with Crippen molar-refractivity contribution in [3.63, 3.8) is 0 Å². The zero-order valence-electron chi connectivity index (χ0n) is 19.0. The molecule has 33 heavy (non-hydrogen) atoms. The normalized spacial score (nSPS) is 11.0. The molecule has 0 atom stereocenters. The first-order valence-electron chi connectivity index (χ1n) is 11.4. The maximum absolute atomic E-state index is 11.8. The average molecular weight is 440 g/mol. The van der Waals surface area contributed by atoms with E-state index in [4.69, 9.17) is 17.1 Å². The van der Waals surface area contributed by atoms with Crippen molar-refractivity contribution in [1.82, 2.24) is 19.9 Å². The highest BCUT2D eigenvalue weighted by Crippen LogP contribution is 2.30. The van der Waals surface area contributed by atoms with E-state index in [-0.39, 0.29) is 5.91 Å². The van der Waals surface area contributed by atoms with Gasteiger partial charge in [0.1, 0.15) is 11.3 Å². The van der Waals surface area contributed by atoms with Crippen LogP contribution in [0.2, 0.25) is 0 Å². The van der Waals surface area contributed by atoms with Gasteiger partial charge in [-0.1, -0.05) is 55.8 Å². The Morgan fingerprint density at radius 3 is 2.64 bits per heavy atom. The Bertz CT molecular complexity index is 1310. The van der Waals surface area contributed by atoms with Crippen molar-refractivity contribution in [3.8, 4) is 12.3 Å².